The van der Waals surface area contributed by atoms with Crippen molar-refractivity contribution in [1.29, 1.82) is 0 Å². The van der Waals surface area contributed by atoms with Crippen LogP contribution in [0.4, 0.5) is 0 Å². The topological polar surface area (TPSA) is 52.8 Å². The molecule has 5 heteroatoms. The predicted molar refractivity (Wildman–Crippen MR) is 80.0 cm³/mol. The summed E-state index contributed by atoms with van der Waals surface area (Å²) >= 11 is 0. The summed E-state index contributed by atoms with van der Waals surface area (Å²) in [5.41, 5.74) is 1.90. The summed E-state index contributed by atoms with van der Waals surface area (Å²) in [5.74, 6) is 1.42. The first-order valence-corrected chi connectivity index (χ1v) is 6.43. The van der Waals surface area contributed by atoms with Crippen LogP contribution in [0.5, 0.6) is 11.5 Å². The van der Waals surface area contributed by atoms with Gasteiger partial charge in [-0.2, -0.15) is 0 Å². The number of aromatic nitrogens is 2. The van der Waals surface area contributed by atoms with E-state index in [1.54, 1.807) is 32.5 Å². The Morgan fingerprint density at radius 1 is 0.952 bits per heavy atom. The number of pyridine rings is 1. The first-order valence-electron chi connectivity index (χ1n) is 6.43. The molecule has 3 aromatic rings. The second-order valence-electron chi connectivity index (χ2n) is 4.50. The van der Waals surface area contributed by atoms with Gasteiger partial charge in [-0.3, -0.25) is 9.20 Å². The average Bonchev–Trinajstić information content (AvgIpc) is 2.54. The molecule has 0 aliphatic carbocycles. The number of hydrogen-bond acceptors (Lipinski definition) is 4. The second-order valence-corrected chi connectivity index (χ2v) is 4.50. The van der Waals surface area contributed by atoms with Crippen LogP contribution in [0.15, 0.2) is 53.5 Å². The molecule has 0 aliphatic heterocycles. The summed E-state index contributed by atoms with van der Waals surface area (Å²) in [6, 6.07) is 12.4. The van der Waals surface area contributed by atoms with E-state index in [1.807, 2.05) is 24.3 Å². The summed E-state index contributed by atoms with van der Waals surface area (Å²) in [6.07, 6.45) is 1.65. The molecule has 0 saturated heterocycles. The van der Waals surface area contributed by atoms with Crippen LogP contribution in [0.25, 0.3) is 16.9 Å². The van der Waals surface area contributed by atoms with Crippen molar-refractivity contribution in [1.82, 2.24) is 9.38 Å². The molecule has 0 unspecified atom stereocenters. The highest BCUT2D eigenvalue weighted by atomic mass is 16.5. The van der Waals surface area contributed by atoms with Crippen LogP contribution in [0, 0.1) is 0 Å². The molecule has 0 saturated carbocycles. The molecule has 1 aromatic carbocycles. The number of ether oxygens (including phenoxy) is 2. The lowest BCUT2D eigenvalue weighted by Crippen LogP contribution is -2.14. The third-order valence-corrected chi connectivity index (χ3v) is 3.26. The first kappa shape index (κ1) is 13.2. The van der Waals surface area contributed by atoms with E-state index in [4.69, 9.17) is 9.47 Å². The minimum atomic E-state index is -0.131. The summed E-state index contributed by atoms with van der Waals surface area (Å²) in [6.45, 7) is 0. The molecular formula is C16H14N2O3. The van der Waals surface area contributed by atoms with Crippen molar-refractivity contribution in [2.45, 2.75) is 0 Å². The normalized spacial score (nSPS) is 10.6. The van der Waals surface area contributed by atoms with Gasteiger partial charge in [0.05, 0.1) is 19.9 Å². The molecule has 21 heavy (non-hydrogen) atoms. The maximum atomic E-state index is 12.2. The second kappa shape index (κ2) is 5.28. The minimum Gasteiger partial charge on any atom is -0.497 e. The maximum Gasteiger partial charge on any atom is 0.258 e. The Labute approximate surface area is 121 Å². The van der Waals surface area contributed by atoms with Crippen LogP contribution in [0.3, 0.4) is 0 Å². The Balaban J connectivity index is 2.15. The van der Waals surface area contributed by atoms with Gasteiger partial charge in [-0.25, -0.2) is 4.98 Å². The molecule has 2 aromatic heterocycles. The largest absolute Gasteiger partial charge is 0.497 e. The Hall–Kier alpha value is -2.82. The molecule has 5 nitrogen and oxygen atoms in total. The molecule has 0 amide bonds. The number of hydrogen-bond donors (Lipinski definition) is 0. The van der Waals surface area contributed by atoms with Gasteiger partial charge in [0, 0.05) is 23.9 Å². The van der Waals surface area contributed by atoms with E-state index in [-0.39, 0.29) is 5.56 Å². The van der Waals surface area contributed by atoms with E-state index in [2.05, 4.69) is 4.98 Å². The average molecular weight is 282 g/mol. The van der Waals surface area contributed by atoms with E-state index in [1.165, 1.54) is 10.5 Å². The Kier molecular flexibility index (Phi) is 3.31. The fourth-order valence-corrected chi connectivity index (χ4v) is 2.12. The molecule has 0 spiro atoms. The number of methoxy groups -OCH3 is 2. The standard InChI is InChI=1S/C16H14N2O3/c1-20-12-5-3-11(4-6-12)14-10-16(19)18-8-7-13(21-2)9-15(18)17-14/h3-10H,1-2H3. The van der Waals surface area contributed by atoms with Gasteiger partial charge in [-0.1, -0.05) is 0 Å². The lowest BCUT2D eigenvalue weighted by atomic mass is 10.1. The van der Waals surface area contributed by atoms with Crippen molar-refractivity contribution in [3.05, 3.63) is 59.0 Å². The molecule has 0 atom stereocenters. The summed E-state index contributed by atoms with van der Waals surface area (Å²) < 4.78 is 11.8. The first-order chi connectivity index (χ1) is 10.2. The number of fused-ring (bicyclic) bond motifs is 1. The minimum absolute atomic E-state index is 0.131. The Bertz CT molecular complexity index is 838. The van der Waals surface area contributed by atoms with E-state index in [0.717, 1.165) is 11.3 Å². The molecule has 0 fully saturated rings. The maximum absolute atomic E-state index is 12.2. The molecular weight excluding hydrogens is 268 g/mol. The molecule has 0 bridgehead atoms. The zero-order valence-electron chi connectivity index (χ0n) is 11.7. The Morgan fingerprint density at radius 2 is 1.67 bits per heavy atom. The lowest BCUT2D eigenvalue weighted by Gasteiger charge is -2.06. The Morgan fingerprint density at radius 3 is 2.33 bits per heavy atom. The third-order valence-electron chi connectivity index (χ3n) is 3.26. The lowest BCUT2D eigenvalue weighted by molar-refractivity contribution is 0.414. The van der Waals surface area contributed by atoms with Gasteiger partial charge >= 0.3 is 0 Å². The number of benzene rings is 1. The summed E-state index contributed by atoms with van der Waals surface area (Å²) in [5, 5.41) is 0. The highest BCUT2D eigenvalue weighted by molar-refractivity contribution is 5.62. The van der Waals surface area contributed by atoms with Crippen LogP contribution < -0.4 is 15.0 Å². The van der Waals surface area contributed by atoms with E-state index in [0.29, 0.717) is 17.1 Å². The van der Waals surface area contributed by atoms with Gasteiger partial charge < -0.3 is 9.47 Å². The summed E-state index contributed by atoms with van der Waals surface area (Å²) in [4.78, 5) is 16.7. The van der Waals surface area contributed by atoms with Crippen LogP contribution in [0.1, 0.15) is 0 Å². The van der Waals surface area contributed by atoms with Crippen LogP contribution in [-0.2, 0) is 0 Å². The van der Waals surface area contributed by atoms with E-state index >= 15 is 0 Å². The molecule has 3 rings (SSSR count). The van der Waals surface area contributed by atoms with Crippen molar-refractivity contribution in [2.24, 2.45) is 0 Å². The molecule has 0 aliphatic rings. The van der Waals surface area contributed by atoms with Crippen molar-refractivity contribution in [2.75, 3.05) is 14.2 Å². The molecule has 106 valence electrons. The highest BCUT2D eigenvalue weighted by Gasteiger charge is 2.06. The zero-order chi connectivity index (χ0) is 14.8. The zero-order valence-corrected chi connectivity index (χ0v) is 11.7. The molecule has 0 N–H and O–H groups in total. The smallest absolute Gasteiger partial charge is 0.258 e. The SMILES string of the molecule is COc1ccc(-c2cc(=O)n3ccc(OC)cc3n2)cc1. The monoisotopic (exact) mass is 282 g/mol. The van der Waals surface area contributed by atoms with Gasteiger partial charge in [0.15, 0.2) is 0 Å². The van der Waals surface area contributed by atoms with Gasteiger partial charge in [-0.15, -0.1) is 0 Å². The fraction of sp³-hybridized carbons (Fsp3) is 0.125. The highest BCUT2D eigenvalue weighted by Crippen LogP contribution is 2.21. The third kappa shape index (κ3) is 2.45. The van der Waals surface area contributed by atoms with Gasteiger partial charge in [0.2, 0.25) is 0 Å². The van der Waals surface area contributed by atoms with Crippen molar-refractivity contribution < 1.29 is 9.47 Å². The van der Waals surface area contributed by atoms with Gasteiger partial charge in [0.25, 0.3) is 5.56 Å². The number of nitrogens with zero attached hydrogens (tertiary/aromatic N) is 2. The van der Waals surface area contributed by atoms with Crippen LogP contribution in [0.2, 0.25) is 0 Å². The predicted octanol–water partition coefficient (Wildman–Crippen LogP) is 2.38. The molecule has 2 heterocycles. The molecule has 0 radical (unpaired) electrons. The van der Waals surface area contributed by atoms with Crippen LogP contribution in [-0.4, -0.2) is 23.6 Å². The van der Waals surface area contributed by atoms with Crippen molar-refractivity contribution in [3.8, 4) is 22.8 Å². The van der Waals surface area contributed by atoms with Crippen LogP contribution >= 0.6 is 0 Å². The number of rotatable bonds is 3. The van der Waals surface area contributed by atoms with Crippen molar-refractivity contribution in [3.63, 3.8) is 0 Å². The van der Waals surface area contributed by atoms with E-state index < -0.39 is 0 Å². The summed E-state index contributed by atoms with van der Waals surface area (Å²) in [7, 11) is 3.19. The fourth-order valence-electron chi connectivity index (χ4n) is 2.12. The quantitative estimate of drug-likeness (QED) is 0.740. The van der Waals surface area contributed by atoms with Crippen molar-refractivity contribution >= 4 is 5.65 Å². The van der Waals surface area contributed by atoms with E-state index in [9.17, 15) is 4.79 Å². The van der Waals surface area contributed by atoms with Gasteiger partial charge in [-0.05, 0) is 30.3 Å². The van der Waals surface area contributed by atoms with Gasteiger partial charge in [0.1, 0.15) is 17.1 Å².